The van der Waals surface area contributed by atoms with E-state index in [1.165, 1.54) is 0 Å². The Morgan fingerprint density at radius 3 is 2.84 bits per heavy atom. The zero-order chi connectivity index (χ0) is 13.8. The van der Waals surface area contributed by atoms with Crippen LogP contribution in [0.3, 0.4) is 0 Å². The van der Waals surface area contributed by atoms with Gasteiger partial charge in [0.25, 0.3) is 0 Å². The number of likely N-dealkylation sites (tertiary alicyclic amines) is 1. The molecule has 19 heavy (non-hydrogen) atoms. The summed E-state index contributed by atoms with van der Waals surface area (Å²) in [4.78, 5) is 33.0. The number of aryl methyl sites for hydroxylation is 1. The van der Waals surface area contributed by atoms with Gasteiger partial charge in [-0.05, 0) is 12.8 Å². The fraction of sp³-hybridized carbons (Fsp3) is 0.538. The van der Waals surface area contributed by atoms with E-state index in [1.54, 1.807) is 19.3 Å². The minimum absolute atomic E-state index is 0.0194. The van der Waals surface area contributed by atoms with Crippen molar-refractivity contribution in [2.24, 2.45) is 5.73 Å². The highest BCUT2D eigenvalue weighted by Crippen LogP contribution is 2.32. The molecule has 2 heterocycles. The first-order chi connectivity index (χ1) is 9.09. The molecule has 1 aromatic rings. The van der Waals surface area contributed by atoms with Crippen LogP contribution in [0.2, 0.25) is 0 Å². The van der Waals surface area contributed by atoms with Gasteiger partial charge in [-0.25, -0.2) is 0 Å². The van der Waals surface area contributed by atoms with Crippen molar-refractivity contribution in [3.05, 3.63) is 23.8 Å². The predicted octanol–water partition coefficient (Wildman–Crippen LogP) is 0.578. The number of rotatable bonds is 4. The lowest BCUT2D eigenvalue weighted by atomic mass is 10.1. The lowest BCUT2D eigenvalue weighted by Crippen LogP contribution is -2.29. The van der Waals surface area contributed by atoms with E-state index in [0.29, 0.717) is 6.42 Å². The number of carbonyl (C=O) groups is 2. The highest BCUT2D eigenvalue weighted by atomic mass is 16.2. The SMILES string of the molecule is CC(=O)N1CCC[C@@H]1c1nccnc1CCC(N)=O. The maximum absolute atomic E-state index is 11.6. The highest BCUT2D eigenvalue weighted by molar-refractivity contribution is 5.74. The first-order valence-electron chi connectivity index (χ1n) is 6.45. The molecule has 1 saturated heterocycles. The summed E-state index contributed by atoms with van der Waals surface area (Å²) in [5.41, 5.74) is 6.73. The first-order valence-corrected chi connectivity index (χ1v) is 6.45. The van der Waals surface area contributed by atoms with Crippen molar-refractivity contribution < 1.29 is 9.59 Å². The van der Waals surface area contributed by atoms with Gasteiger partial charge in [0.1, 0.15) is 0 Å². The quantitative estimate of drug-likeness (QED) is 0.859. The average molecular weight is 262 g/mol. The third-order valence-corrected chi connectivity index (χ3v) is 3.39. The molecule has 0 aliphatic carbocycles. The fourth-order valence-corrected chi connectivity index (χ4v) is 2.52. The molecule has 1 aliphatic rings. The molecule has 0 saturated carbocycles. The number of aromatic nitrogens is 2. The minimum atomic E-state index is -0.355. The van der Waals surface area contributed by atoms with Gasteiger partial charge in [0.05, 0.1) is 17.4 Å². The third-order valence-electron chi connectivity index (χ3n) is 3.39. The summed E-state index contributed by atoms with van der Waals surface area (Å²) in [6.45, 7) is 2.32. The van der Waals surface area contributed by atoms with Crippen LogP contribution in [-0.4, -0.2) is 33.2 Å². The number of hydrogen-bond donors (Lipinski definition) is 1. The van der Waals surface area contributed by atoms with E-state index >= 15 is 0 Å². The van der Waals surface area contributed by atoms with Crippen LogP contribution in [0, 0.1) is 0 Å². The van der Waals surface area contributed by atoms with Gasteiger partial charge in [0.15, 0.2) is 0 Å². The summed E-state index contributed by atoms with van der Waals surface area (Å²) in [5.74, 6) is -0.305. The van der Waals surface area contributed by atoms with E-state index in [0.717, 1.165) is 30.8 Å². The zero-order valence-electron chi connectivity index (χ0n) is 11.0. The molecule has 2 N–H and O–H groups in total. The molecule has 0 spiro atoms. The van der Waals surface area contributed by atoms with Gasteiger partial charge in [-0.1, -0.05) is 0 Å². The Kier molecular flexibility index (Phi) is 4.09. The van der Waals surface area contributed by atoms with Crippen molar-refractivity contribution in [3.63, 3.8) is 0 Å². The molecule has 1 aromatic heterocycles. The van der Waals surface area contributed by atoms with Gasteiger partial charge in [-0.3, -0.25) is 19.6 Å². The van der Waals surface area contributed by atoms with Gasteiger partial charge in [0.2, 0.25) is 11.8 Å². The Morgan fingerprint density at radius 2 is 2.16 bits per heavy atom. The van der Waals surface area contributed by atoms with Crippen LogP contribution in [-0.2, 0) is 16.0 Å². The molecule has 1 aliphatic heterocycles. The predicted molar refractivity (Wildman–Crippen MR) is 68.9 cm³/mol. The van der Waals surface area contributed by atoms with E-state index in [4.69, 9.17) is 5.73 Å². The lowest BCUT2D eigenvalue weighted by Gasteiger charge is -2.24. The van der Waals surface area contributed by atoms with Gasteiger partial charge in [-0.2, -0.15) is 0 Å². The lowest BCUT2D eigenvalue weighted by molar-refractivity contribution is -0.129. The van der Waals surface area contributed by atoms with E-state index in [1.807, 2.05) is 4.90 Å². The first kappa shape index (κ1) is 13.5. The Bertz CT molecular complexity index is 489. The van der Waals surface area contributed by atoms with Gasteiger partial charge < -0.3 is 10.6 Å². The van der Waals surface area contributed by atoms with Crippen LogP contribution in [0.25, 0.3) is 0 Å². The number of carbonyl (C=O) groups excluding carboxylic acids is 2. The van der Waals surface area contributed by atoms with Crippen molar-refractivity contribution in [1.29, 1.82) is 0 Å². The van der Waals surface area contributed by atoms with Crippen molar-refractivity contribution in [2.45, 2.75) is 38.6 Å². The van der Waals surface area contributed by atoms with Crippen molar-refractivity contribution in [1.82, 2.24) is 14.9 Å². The van der Waals surface area contributed by atoms with Gasteiger partial charge >= 0.3 is 0 Å². The summed E-state index contributed by atoms with van der Waals surface area (Å²) >= 11 is 0. The zero-order valence-corrected chi connectivity index (χ0v) is 11.0. The molecule has 102 valence electrons. The number of primary amides is 1. The maximum atomic E-state index is 11.6. The standard InChI is InChI=1S/C13H18N4O2/c1-9(18)17-8-2-3-11(17)13-10(4-5-12(14)19)15-6-7-16-13/h6-7,11H,2-5,8H2,1H3,(H2,14,19)/t11-/m1/s1. The molecule has 0 unspecified atom stereocenters. The molecule has 2 amide bonds. The number of nitrogens with two attached hydrogens (primary N) is 1. The Balaban J connectivity index is 2.23. The van der Waals surface area contributed by atoms with Crippen LogP contribution < -0.4 is 5.73 Å². The fourth-order valence-electron chi connectivity index (χ4n) is 2.52. The van der Waals surface area contributed by atoms with Crippen LogP contribution in [0.4, 0.5) is 0 Å². The van der Waals surface area contributed by atoms with Gasteiger partial charge in [0, 0.05) is 38.7 Å². The van der Waals surface area contributed by atoms with E-state index in [2.05, 4.69) is 9.97 Å². The van der Waals surface area contributed by atoms with Gasteiger partial charge in [-0.15, -0.1) is 0 Å². The molecule has 0 bridgehead atoms. The second-order valence-corrected chi connectivity index (χ2v) is 4.73. The number of hydrogen-bond acceptors (Lipinski definition) is 4. The smallest absolute Gasteiger partial charge is 0.220 e. The Morgan fingerprint density at radius 1 is 1.42 bits per heavy atom. The topological polar surface area (TPSA) is 89.2 Å². The Labute approximate surface area is 112 Å². The molecule has 2 rings (SSSR count). The van der Waals surface area contributed by atoms with Crippen LogP contribution in [0.1, 0.15) is 43.6 Å². The van der Waals surface area contributed by atoms with Crippen LogP contribution in [0.5, 0.6) is 0 Å². The molecular weight excluding hydrogens is 244 g/mol. The second-order valence-electron chi connectivity index (χ2n) is 4.73. The van der Waals surface area contributed by atoms with Crippen molar-refractivity contribution >= 4 is 11.8 Å². The van der Waals surface area contributed by atoms with Crippen molar-refractivity contribution in [3.8, 4) is 0 Å². The largest absolute Gasteiger partial charge is 0.370 e. The van der Waals surface area contributed by atoms with E-state index in [9.17, 15) is 9.59 Å². The summed E-state index contributed by atoms with van der Waals surface area (Å²) in [5, 5.41) is 0. The number of nitrogens with zero attached hydrogens (tertiary/aromatic N) is 3. The second kappa shape index (κ2) is 5.77. The molecule has 6 heteroatoms. The minimum Gasteiger partial charge on any atom is -0.370 e. The normalized spacial score (nSPS) is 18.6. The van der Waals surface area contributed by atoms with E-state index < -0.39 is 0 Å². The summed E-state index contributed by atoms with van der Waals surface area (Å²) in [7, 11) is 0. The number of amides is 2. The highest BCUT2D eigenvalue weighted by Gasteiger charge is 2.30. The molecule has 6 nitrogen and oxygen atoms in total. The molecule has 1 atom stereocenters. The average Bonchev–Trinajstić information content (AvgIpc) is 2.85. The summed E-state index contributed by atoms with van der Waals surface area (Å²) < 4.78 is 0. The molecule has 1 fully saturated rings. The van der Waals surface area contributed by atoms with Crippen LogP contribution in [0.15, 0.2) is 12.4 Å². The molecule has 0 radical (unpaired) electrons. The van der Waals surface area contributed by atoms with Crippen LogP contribution >= 0.6 is 0 Å². The molecule has 0 aromatic carbocycles. The van der Waals surface area contributed by atoms with Crippen molar-refractivity contribution in [2.75, 3.05) is 6.54 Å². The Hall–Kier alpha value is -1.98. The summed E-state index contributed by atoms with van der Waals surface area (Å²) in [6.07, 6.45) is 5.81. The maximum Gasteiger partial charge on any atom is 0.220 e. The third kappa shape index (κ3) is 3.07. The monoisotopic (exact) mass is 262 g/mol. The summed E-state index contributed by atoms with van der Waals surface area (Å²) in [6, 6.07) is -0.0194. The van der Waals surface area contributed by atoms with E-state index in [-0.39, 0.29) is 24.3 Å². The molecular formula is C13H18N4O2.